The molecular weight excluding hydrogens is 297 g/mol. The average molecular weight is 314 g/mol. The van der Waals surface area contributed by atoms with Gasteiger partial charge in [-0.3, -0.25) is 9.36 Å². The second-order valence-corrected chi connectivity index (χ2v) is 5.89. The zero-order valence-electron chi connectivity index (χ0n) is 11.0. The summed E-state index contributed by atoms with van der Waals surface area (Å²) >= 11 is 0. The van der Waals surface area contributed by atoms with E-state index >= 15 is 0 Å². The van der Waals surface area contributed by atoms with Gasteiger partial charge in [-0.25, -0.2) is 4.79 Å². The number of carbonyl (C=O) groups excluding carboxylic acids is 2. The van der Waals surface area contributed by atoms with Crippen molar-refractivity contribution in [1.82, 2.24) is 0 Å². The molecule has 116 valence electrons. The van der Waals surface area contributed by atoms with Crippen molar-refractivity contribution in [3.8, 4) is 0 Å². The van der Waals surface area contributed by atoms with Gasteiger partial charge in [-0.2, -0.15) is 8.78 Å². The molecule has 0 aliphatic heterocycles. The average Bonchev–Trinajstić information content (AvgIpc) is 2.31. The van der Waals surface area contributed by atoms with E-state index in [1.807, 2.05) is 0 Å². The maximum Gasteiger partial charge on any atom is 0.402 e. The van der Waals surface area contributed by atoms with Crippen molar-refractivity contribution in [3.05, 3.63) is 12.2 Å². The summed E-state index contributed by atoms with van der Waals surface area (Å²) in [5.41, 5.74) is -4.40. The highest BCUT2D eigenvalue weighted by Crippen LogP contribution is 2.53. The van der Waals surface area contributed by atoms with Gasteiger partial charge in [0.2, 0.25) is 5.78 Å². The number of alkyl halides is 2. The molecule has 2 N–H and O–H groups in total. The van der Waals surface area contributed by atoms with Crippen LogP contribution in [-0.2, 0) is 18.9 Å². The second kappa shape index (κ2) is 7.61. The fourth-order valence-corrected chi connectivity index (χ4v) is 1.60. The van der Waals surface area contributed by atoms with Crippen molar-refractivity contribution < 1.29 is 37.5 Å². The Morgan fingerprint density at radius 3 is 2.25 bits per heavy atom. The predicted octanol–water partition coefficient (Wildman–Crippen LogP) is 2.01. The number of hydrogen-bond donors (Lipinski definition) is 2. The number of ether oxygens (including phenoxy) is 1. The fraction of sp³-hybridized carbons (Fsp3) is 0.636. The van der Waals surface area contributed by atoms with E-state index < -0.39 is 31.4 Å². The normalized spacial score (nSPS) is 12.1. The summed E-state index contributed by atoms with van der Waals surface area (Å²) in [5.74, 6) is -2.35. The van der Waals surface area contributed by atoms with E-state index in [-0.39, 0.29) is 18.6 Å². The lowest BCUT2D eigenvalue weighted by molar-refractivity contribution is -0.139. The van der Waals surface area contributed by atoms with Crippen LogP contribution < -0.4 is 0 Å². The van der Waals surface area contributed by atoms with E-state index in [4.69, 9.17) is 14.5 Å². The van der Waals surface area contributed by atoms with Crippen molar-refractivity contribution in [1.29, 1.82) is 0 Å². The molecule has 0 spiro atoms. The lowest BCUT2D eigenvalue weighted by Gasteiger charge is -2.15. The Morgan fingerprint density at radius 1 is 1.25 bits per heavy atom. The first-order valence-corrected chi connectivity index (χ1v) is 7.40. The summed E-state index contributed by atoms with van der Waals surface area (Å²) in [6.07, 6.45) is 0.0474. The molecule has 0 aliphatic rings. The van der Waals surface area contributed by atoms with Gasteiger partial charge in [0.15, 0.2) is 0 Å². The molecule has 0 unspecified atom stereocenters. The Hall–Kier alpha value is -1.11. The minimum Gasteiger partial charge on any atom is -0.462 e. The molecule has 0 radical (unpaired) electrons. The van der Waals surface area contributed by atoms with Crippen LogP contribution in [0.2, 0.25) is 0 Å². The summed E-state index contributed by atoms with van der Waals surface area (Å²) in [7, 11) is -5.77. The van der Waals surface area contributed by atoms with Gasteiger partial charge in [-0.05, 0) is 26.2 Å². The molecule has 0 aromatic carbocycles. The van der Waals surface area contributed by atoms with Crippen molar-refractivity contribution in [2.75, 3.05) is 6.61 Å². The van der Waals surface area contributed by atoms with Gasteiger partial charge in [0.25, 0.3) is 0 Å². The highest BCUT2D eigenvalue weighted by Gasteiger charge is 2.54. The summed E-state index contributed by atoms with van der Waals surface area (Å²) in [6.45, 7) is 4.91. The van der Waals surface area contributed by atoms with Crippen molar-refractivity contribution in [3.63, 3.8) is 0 Å². The van der Waals surface area contributed by atoms with E-state index in [1.165, 1.54) is 6.92 Å². The largest absolute Gasteiger partial charge is 0.462 e. The number of unbranched alkanes of at least 4 members (excludes halogenated alkanes) is 2. The predicted molar refractivity (Wildman–Crippen MR) is 66.2 cm³/mol. The third kappa shape index (κ3) is 5.90. The first-order valence-electron chi connectivity index (χ1n) is 5.79. The molecule has 0 fully saturated rings. The fourth-order valence-electron chi connectivity index (χ4n) is 1.17. The molecule has 0 saturated carbocycles. The molecule has 6 nitrogen and oxygen atoms in total. The zero-order valence-corrected chi connectivity index (χ0v) is 11.9. The minimum atomic E-state index is -5.77. The Morgan fingerprint density at radius 2 is 1.80 bits per heavy atom. The monoisotopic (exact) mass is 314 g/mol. The molecule has 0 aromatic heterocycles. The molecule has 0 bridgehead atoms. The minimum absolute atomic E-state index is 0.0268. The number of ketones is 1. The van der Waals surface area contributed by atoms with Crippen molar-refractivity contribution >= 4 is 19.3 Å². The number of rotatable bonds is 9. The Kier molecular flexibility index (Phi) is 7.19. The molecule has 0 saturated heterocycles. The molecule has 0 rings (SSSR count). The maximum atomic E-state index is 12.9. The first-order chi connectivity index (χ1) is 9.00. The Labute approximate surface area is 115 Å². The van der Waals surface area contributed by atoms with E-state index in [0.717, 1.165) is 0 Å². The number of Topliss-reactive ketones (excluding diaryl/α,β-unsaturated/α-hetero) is 1. The smallest absolute Gasteiger partial charge is 0.402 e. The van der Waals surface area contributed by atoms with Gasteiger partial charge in [0.05, 0.1) is 6.61 Å². The summed E-state index contributed by atoms with van der Waals surface area (Å²) in [6, 6.07) is 0. The van der Waals surface area contributed by atoms with Crippen LogP contribution in [-0.4, -0.2) is 33.8 Å². The first kappa shape index (κ1) is 18.9. The topological polar surface area (TPSA) is 101 Å². The lowest BCUT2D eigenvalue weighted by Crippen LogP contribution is -2.28. The Balaban J connectivity index is 3.92. The summed E-state index contributed by atoms with van der Waals surface area (Å²) in [5, 5.41) is 0. The van der Waals surface area contributed by atoms with Gasteiger partial charge in [0, 0.05) is 12.0 Å². The van der Waals surface area contributed by atoms with Crippen LogP contribution >= 0.6 is 7.60 Å². The van der Waals surface area contributed by atoms with Crippen LogP contribution in [0.15, 0.2) is 12.2 Å². The number of hydrogen-bond acceptors (Lipinski definition) is 4. The SMILES string of the molecule is C=C(C)C(=O)OCCCCCC(=O)C(F)(F)P(=O)(O)O. The molecule has 0 amide bonds. The van der Waals surface area contributed by atoms with E-state index in [2.05, 4.69) is 6.58 Å². The van der Waals surface area contributed by atoms with E-state index in [9.17, 15) is 22.9 Å². The van der Waals surface area contributed by atoms with Gasteiger partial charge < -0.3 is 14.5 Å². The van der Waals surface area contributed by atoms with Gasteiger partial charge in [-0.15, -0.1) is 0 Å². The molecular formula is C11H17F2O6P. The molecule has 0 aliphatic carbocycles. The van der Waals surface area contributed by atoms with Crippen LogP contribution in [0, 0.1) is 0 Å². The van der Waals surface area contributed by atoms with Crippen LogP contribution in [0.25, 0.3) is 0 Å². The van der Waals surface area contributed by atoms with E-state index in [1.54, 1.807) is 0 Å². The standard InChI is InChI=1S/C11H17F2O6P/c1-8(2)10(15)19-7-5-3-4-6-9(14)11(12,13)20(16,17)18/h1,3-7H2,2H3,(H2,16,17,18). The molecule has 9 heteroatoms. The van der Waals surface area contributed by atoms with Crippen LogP contribution in [0.4, 0.5) is 8.78 Å². The summed E-state index contributed by atoms with van der Waals surface area (Å²) < 4.78 is 41.0. The quantitative estimate of drug-likeness (QED) is 0.292. The molecule has 0 heterocycles. The van der Waals surface area contributed by atoms with E-state index in [0.29, 0.717) is 12.8 Å². The molecule has 20 heavy (non-hydrogen) atoms. The number of carbonyl (C=O) groups is 2. The maximum absolute atomic E-state index is 12.9. The molecule has 0 aromatic rings. The highest BCUT2D eigenvalue weighted by molar-refractivity contribution is 7.54. The van der Waals surface area contributed by atoms with Crippen molar-refractivity contribution in [2.45, 2.75) is 38.3 Å². The van der Waals surface area contributed by atoms with Crippen LogP contribution in [0.5, 0.6) is 0 Å². The number of esters is 1. The van der Waals surface area contributed by atoms with Gasteiger partial charge in [0.1, 0.15) is 0 Å². The third-order valence-electron chi connectivity index (χ3n) is 2.33. The van der Waals surface area contributed by atoms with Crippen LogP contribution in [0.1, 0.15) is 32.6 Å². The van der Waals surface area contributed by atoms with Gasteiger partial charge in [-0.1, -0.05) is 6.58 Å². The van der Waals surface area contributed by atoms with Crippen LogP contribution in [0.3, 0.4) is 0 Å². The zero-order chi connectivity index (χ0) is 16.0. The summed E-state index contributed by atoms with van der Waals surface area (Å²) in [4.78, 5) is 38.7. The highest BCUT2D eigenvalue weighted by atomic mass is 31.2. The van der Waals surface area contributed by atoms with Gasteiger partial charge >= 0.3 is 19.2 Å². The third-order valence-corrected chi connectivity index (χ3v) is 3.31. The lowest BCUT2D eigenvalue weighted by atomic mass is 10.1. The van der Waals surface area contributed by atoms with Crippen molar-refractivity contribution in [2.24, 2.45) is 0 Å². The molecule has 0 atom stereocenters. The number of halogens is 2. The second-order valence-electron chi connectivity index (χ2n) is 4.24. The Bertz CT molecular complexity index is 429.